The largest absolute Gasteiger partial charge is 0.396 e. The van der Waals surface area contributed by atoms with Gasteiger partial charge in [-0.2, -0.15) is 5.10 Å². The second-order valence-electron chi connectivity index (χ2n) is 6.35. The van der Waals surface area contributed by atoms with Crippen molar-refractivity contribution in [2.24, 2.45) is 11.8 Å². The van der Waals surface area contributed by atoms with Gasteiger partial charge in [0.25, 0.3) is 0 Å². The van der Waals surface area contributed by atoms with E-state index in [4.69, 9.17) is 0 Å². The zero-order valence-corrected chi connectivity index (χ0v) is 13.1. The monoisotopic (exact) mass is 294 g/mol. The molecule has 0 saturated carbocycles. The summed E-state index contributed by atoms with van der Waals surface area (Å²) < 4.78 is 1.82. The maximum Gasteiger partial charge on any atom is 0.323 e. The van der Waals surface area contributed by atoms with Crippen LogP contribution in [0.1, 0.15) is 33.6 Å². The van der Waals surface area contributed by atoms with Crippen molar-refractivity contribution in [3.8, 4) is 0 Å². The van der Waals surface area contributed by atoms with Gasteiger partial charge in [0.1, 0.15) is 5.82 Å². The van der Waals surface area contributed by atoms with Gasteiger partial charge in [-0.3, -0.25) is 5.32 Å². The number of anilines is 1. The van der Waals surface area contributed by atoms with Crippen LogP contribution >= 0.6 is 0 Å². The number of nitrogens with one attached hydrogen (secondary N) is 1. The molecule has 1 aromatic heterocycles. The molecule has 1 saturated heterocycles. The predicted molar refractivity (Wildman–Crippen MR) is 82.1 cm³/mol. The fourth-order valence-electron chi connectivity index (χ4n) is 2.73. The van der Waals surface area contributed by atoms with E-state index in [1.807, 2.05) is 15.6 Å². The number of piperidine rings is 1. The molecule has 1 aliphatic heterocycles. The molecular weight excluding hydrogens is 268 g/mol. The Kier molecular flexibility index (Phi) is 5.22. The van der Waals surface area contributed by atoms with Gasteiger partial charge in [-0.1, -0.05) is 13.8 Å². The van der Waals surface area contributed by atoms with Crippen molar-refractivity contribution < 1.29 is 9.90 Å². The molecule has 0 aliphatic carbocycles. The highest BCUT2D eigenvalue weighted by atomic mass is 16.3. The van der Waals surface area contributed by atoms with Crippen molar-refractivity contribution in [3.63, 3.8) is 0 Å². The van der Waals surface area contributed by atoms with Crippen LogP contribution in [0.15, 0.2) is 12.3 Å². The average Bonchev–Trinajstić information content (AvgIpc) is 2.85. The van der Waals surface area contributed by atoms with Gasteiger partial charge in [-0.25, -0.2) is 9.48 Å². The van der Waals surface area contributed by atoms with E-state index >= 15 is 0 Å². The first-order valence-electron chi connectivity index (χ1n) is 7.71. The SMILES string of the molecule is CC(C)Cn1nccc1NC(=O)N1CC(CO)CCC1C. The van der Waals surface area contributed by atoms with E-state index in [0.717, 1.165) is 25.2 Å². The molecule has 1 aliphatic rings. The first-order valence-corrected chi connectivity index (χ1v) is 7.71. The quantitative estimate of drug-likeness (QED) is 0.894. The summed E-state index contributed by atoms with van der Waals surface area (Å²) in [5.74, 6) is 1.38. The van der Waals surface area contributed by atoms with Crippen LogP contribution in [0.4, 0.5) is 10.6 Å². The summed E-state index contributed by atoms with van der Waals surface area (Å²) in [6, 6.07) is 1.92. The number of carbonyl (C=O) groups excluding carboxylic acids is 1. The molecule has 0 aromatic carbocycles. The minimum atomic E-state index is -0.105. The molecule has 1 aromatic rings. The molecule has 2 N–H and O–H groups in total. The number of likely N-dealkylation sites (tertiary alicyclic amines) is 1. The van der Waals surface area contributed by atoms with E-state index < -0.39 is 0 Å². The normalized spacial score (nSPS) is 22.6. The Labute approximate surface area is 126 Å². The number of nitrogens with zero attached hydrogens (tertiary/aromatic N) is 3. The standard InChI is InChI=1S/C15H26N4O2/c1-11(2)8-19-14(6-7-16-19)17-15(21)18-9-13(10-20)5-4-12(18)3/h6-7,11-13,20H,4-5,8-10H2,1-3H3,(H,17,21). The van der Waals surface area contributed by atoms with Crippen molar-refractivity contribution in [3.05, 3.63) is 12.3 Å². The number of aliphatic hydroxyl groups is 1. The van der Waals surface area contributed by atoms with Gasteiger partial charge in [0.05, 0.1) is 6.20 Å². The van der Waals surface area contributed by atoms with Gasteiger partial charge >= 0.3 is 6.03 Å². The minimum Gasteiger partial charge on any atom is -0.396 e. The smallest absolute Gasteiger partial charge is 0.323 e. The van der Waals surface area contributed by atoms with E-state index in [-0.39, 0.29) is 24.6 Å². The number of carbonyl (C=O) groups is 1. The zero-order valence-electron chi connectivity index (χ0n) is 13.1. The summed E-state index contributed by atoms with van der Waals surface area (Å²) in [5, 5.41) is 16.5. The molecule has 0 radical (unpaired) electrons. The van der Waals surface area contributed by atoms with Gasteiger partial charge < -0.3 is 10.0 Å². The van der Waals surface area contributed by atoms with Crippen molar-refractivity contribution in [1.29, 1.82) is 0 Å². The predicted octanol–water partition coefficient (Wildman–Crippen LogP) is 2.16. The molecule has 2 amide bonds. The Hall–Kier alpha value is -1.56. The summed E-state index contributed by atoms with van der Waals surface area (Å²) >= 11 is 0. The van der Waals surface area contributed by atoms with E-state index in [1.165, 1.54) is 0 Å². The molecule has 2 heterocycles. The third-order valence-electron chi connectivity index (χ3n) is 3.99. The van der Waals surface area contributed by atoms with Crippen LogP contribution in [0.25, 0.3) is 0 Å². The van der Waals surface area contributed by atoms with E-state index in [0.29, 0.717) is 12.5 Å². The highest BCUT2D eigenvalue weighted by molar-refractivity contribution is 5.88. The Morgan fingerprint density at radius 1 is 1.52 bits per heavy atom. The molecule has 0 bridgehead atoms. The Morgan fingerprint density at radius 3 is 2.95 bits per heavy atom. The number of hydrogen-bond acceptors (Lipinski definition) is 3. The molecule has 6 nitrogen and oxygen atoms in total. The lowest BCUT2D eigenvalue weighted by molar-refractivity contribution is 0.107. The van der Waals surface area contributed by atoms with Crippen molar-refractivity contribution in [2.75, 3.05) is 18.5 Å². The second kappa shape index (κ2) is 6.93. The Bertz CT molecular complexity index is 472. The second-order valence-corrected chi connectivity index (χ2v) is 6.35. The van der Waals surface area contributed by atoms with Crippen LogP contribution in [0.3, 0.4) is 0 Å². The molecule has 2 atom stereocenters. The van der Waals surface area contributed by atoms with Gasteiger partial charge in [-0.15, -0.1) is 0 Å². The van der Waals surface area contributed by atoms with Crippen LogP contribution in [0.5, 0.6) is 0 Å². The van der Waals surface area contributed by atoms with E-state index in [2.05, 4.69) is 31.2 Å². The van der Waals surface area contributed by atoms with Crippen molar-refractivity contribution in [1.82, 2.24) is 14.7 Å². The topological polar surface area (TPSA) is 70.4 Å². The number of urea groups is 1. The summed E-state index contributed by atoms with van der Waals surface area (Å²) in [6.07, 6.45) is 3.62. The third-order valence-corrected chi connectivity index (χ3v) is 3.99. The molecular formula is C15H26N4O2. The minimum absolute atomic E-state index is 0.105. The molecule has 1 fully saturated rings. The molecule has 118 valence electrons. The van der Waals surface area contributed by atoms with E-state index in [1.54, 1.807) is 6.20 Å². The zero-order chi connectivity index (χ0) is 15.4. The number of aromatic nitrogens is 2. The van der Waals surface area contributed by atoms with Crippen LogP contribution < -0.4 is 5.32 Å². The highest BCUT2D eigenvalue weighted by Crippen LogP contribution is 2.22. The Balaban J connectivity index is 2.02. The first-order chi connectivity index (χ1) is 10.0. The van der Waals surface area contributed by atoms with Gasteiger partial charge in [0.15, 0.2) is 0 Å². The van der Waals surface area contributed by atoms with Crippen LogP contribution in [0, 0.1) is 11.8 Å². The molecule has 0 spiro atoms. The average molecular weight is 294 g/mol. The van der Waals surface area contributed by atoms with Gasteiger partial charge in [-0.05, 0) is 31.6 Å². The molecule has 2 unspecified atom stereocenters. The summed E-state index contributed by atoms with van der Waals surface area (Å²) in [7, 11) is 0. The maximum absolute atomic E-state index is 12.5. The van der Waals surface area contributed by atoms with Crippen LogP contribution in [-0.2, 0) is 6.54 Å². The van der Waals surface area contributed by atoms with Crippen molar-refractivity contribution >= 4 is 11.8 Å². The maximum atomic E-state index is 12.5. The number of amides is 2. The van der Waals surface area contributed by atoms with E-state index in [9.17, 15) is 9.90 Å². The number of rotatable bonds is 4. The Morgan fingerprint density at radius 2 is 2.29 bits per heavy atom. The molecule has 6 heteroatoms. The summed E-state index contributed by atoms with van der Waals surface area (Å²) in [4.78, 5) is 14.3. The van der Waals surface area contributed by atoms with Gasteiger partial charge in [0, 0.05) is 31.8 Å². The lowest BCUT2D eigenvalue weighted by atomic mass is 9.94. The van der Waals surface area contributed by atoms with Crippen molar-refractivity contribution in [2.45, 2.75) is 46.2 Å². The lowest BCUT2D eigenvalue weighted by Crippen LogP contribution is -2.48. The number of hydrogen-bond donors (Lipinski definition) is 2. The van der Waals surface area contributed by atoms with Gasteiger partial charge in [0.2, 0.25) is 0 Å². The first kappa shape index (κ1) is 15.8. The summed E-state index contributed by atoms with van der Waals surface area (Å²) in [5.41, 5.74) is 0. The van der Waals surface area contributed by atoms with Crippen LogP contribution in [0.2, 0.25) is 0 Å². The fourth-order valence-corrected chi connectivity index (χ4v) is 2.73. The number of aliphatic hydroxyl groups excluding tert-OH is 1. The molecule has 21 heavy (non-hydrogen) atoms. The highest BCUT2D eigenvalue weighted by Gasteiger charge is 2.29. The summed E-state index contributed by atoms with van der Waals surface area (Å²) in [6.45, 7) is 7.82. The molecule has 2 rings (SSSR count). The fraction of sp³-hybridized carbons (Fsp3) is 0.733. The lowest BCUT2D eigenvalue weighted by Gasteiger charge is -2.37. The third kappa shape index (κ3) is 3.97. The van der Waals surface area contributed by atoms with Crippen LogP contribution in [-0.4, -0.2) is 45.0 Å².